The zero-order chi connectivity index (χ0) is 16.6. The number of urea groups is 1. The molecule has 4 heteroatoms. The molecular formula is C20H19N3O. The lowest BCUT2D eigenvalue weighted by Crippen LogP contribution is -2.36. The van der Waals surface area contributed by atoms with E-state index in [1.165, 1.54) is 0 Å². The second-order valence-corrected chi connectivity index (χ2v) is 5.32. The van der Waals surface area contributed by atoms with Gasteiger partial charge in [-0.2, -0.15) is 0 Å². The second-order valence-electron chi connectivity index (χ2n) is 5.32. The van der Waals surface area contributed by atoms with Crippen LogP contribution in [0.2, 0.25) is 0 Å². The summed E-state index contributed by atoms with van der Waals surface area (Å²) in [5, 5.41) is 9.15. The van der Waals surface area contributed by atoms with Gasteiger partial charge in [-0.05, 0) is 29.8 Å². The third kappa shape index (κ3) is 4.36. The molecule has 0 saturated heterocycles. The third-order valence-corrected chi connectivity index (χ3v) is 3.52. The Hall–Kier alpha value is -3.27. The number of hydrogen-bond donors (Lipinski definition) is 3. The molecule has 3 N–H and O–H groups in total. The summed E-state index contributed by atoms with van der Waals surface area (Å²) in [6.07, 6.45) is -0.336. The van der Waals surface area contributed by atoms with Crippen molar-refractivity contribution >= 4 is 17.4 Å². The standard InChI is InChI=1S/C20H19N3O/c24-20(22-18-14-8-3-9-15-18)23-19(16-10-4-1-5-11-16)21-17-12-6-2-7-13-17/h1-15,19,21H,(H2,22,23,24). The lowest BCUT2D eigenvalue weighted by atomic mass is 10.1. The van der Waals surface area contributed by atoms with Crippen LogP contribution in [0.4, 0.5) is 16.2 Å². The van der Waals surface area contributed by atoms with Gasteiger partial charge >= 0.3 is 6.03 Å². The predicted molar refractivity (Wildman–Crippen MR) is 97.8 cm³/mol. The zero-order valence-corrected chi connectivity index (χ0v) is 13.1. The van der Waals surface area contributed by atoms with Gasteiger partial charge in [0, 0.05) is 11.4 Å². The molecule has 0 spiro atoms. The Morgan fingerprint density at radius 2 is 1.17 bits per heavy atom. The molecule has 0 bridgehead atoms. The quantitative estimate of drug-likeness (QED) is 0.601. The van der Waals surface area contributed by atoms with Crippen molar-refractivity contribution in [2.24, 2.45) is 0 Å². The van der Waals surface area contributed by atoms with Gasteiger partial charge in [0.15, 0.2) is 0 Å². The van der Waals surface area contributed by atoms with E-state index in [0.29, 0.717) is 0 Å². The first-order valence-electron chi connectivity index (χ1n) is 7.80. The van der Waals surface area contributed by atoms with Gasteiger partial charge in [0.1, 0.15) is 6.17 Å². The Kier molecular flexibility index (Phi) is 5.10. The molecule has 0 radical (unpaired) electrons. The molecule has 3 aromatic carbocycles. The molecule has 24 heavy (non-hydrogen) atoms. The summed E-state index contributed by atoms with van der Waals surface area (Å²) in [7, 11) is 0. The number of carbonyl (C=O) groups excluding carboxylic acids is 1. The maximum Gasteiger partial charge on any atom is 0.321 e. The van der Waals surface area contributed by atoms with Crippen LogP contribution >= 0.6 is 0 Å². The van der Waals surface area contributed by atoms with Gasteiger partial charge in [0.2, 0.25) is 0 Å². The molecule has 0 aromatic heterocycles. The number of benzene rings is 3. The SMILES string of the molecule is O=C(Nc1ccccc1)NC(Nc1ccccc1)c1ccccc1. The van der Waals surface area contributed by atoms with E-state index >= 15 is 0 Å². The van der Waals surface area contributed by atoms with Crippen molar-refractivity contribution in [3.05, 3.63) is 96.6 Å². The fourth-order valence-electron chi connectivity index (χ4n) is 2.37. The van der Waals surface area contributed by atoms with E-state index in [4.69, 9.17) is 0 Å². The first kappa shape index (κ1) is 15.6. The van der Waals surface area contributed by atoms with Gasteiger partial charge < -0.3 is 16.0 Å². The van der Waals surface area contributed by atoms with Crippen molar-refractivity contribution in [1.29, 1.82) is 0 Å². The number of anilines is 2. The summed E-state index contributed by atoms with van der Waals surface area (Å²) in [6.45, 7) is 0. The Morgan fingerprint density at radius 1 is 0.667 bits per heavy atom. The van der Waals surface area contributed by atoms with Crippen LogP contribution in [0.3, 0.4) is 0 Å². The zero-order valence-electron chi connectivity index (χ0n) is 13.1. The molecule has 0 heterocycles. The van der Waals surface area contributed by atoms with Crippen molar-refractivity contribution in [3.63, 3.8) is 0 Å². The van der Waals surface area contributed by atoms with E-state index in [2.05, 4.69) is 16.0 Å². The first-order valence-corrected chi connectivity index (χ1v) is 7.80. The highest BCUT2D eigenvalue weighted by Crippen LogP contribution is 2.17. The van der Waals surface area contributed by atoms with Gasteiger partial charge in [0.25, 0.3) is 0 Å². The van der Waals surface area contributed by atoms with Crippen LogP contribution in [0.25, 0.3) is 0 Å². The van der Waals surface area contributed by atoms with Gasteiger partial charge in [0.05, 0.1) is 0 Å². The van der Waals surface area contributed by atoms with Crippen LogP contribution in [-0.2, 0) is 0 Å². The minimum absolute atomic E-state index is 0.265. The Bertz CT molecular complexity index is 761. The summed E-state index contributed by atoms with van der Waals surface area (Å²) in [5.41, 5.74) is 2.66. The van der Waals surface area contributed by atoms with Crippen molar-refractivity contribution < 1.29 is 4.79 Å². The van der Waals surface area contributed by atoms with Gasteiger partial charge in [-0.1, -0.05) is 66.7 Å². The highest BCUT2D eigenvalue weighted by Gasteiger charge is 2.14. The van der Waals surface area contributed by atoms with E-state index in [1.807, 2.05) is 91.0 Å². The number of hydrogen-bond acceptors (Lipinski definition) is 2. The number of carbonyl (C=O) groups is 1. The minimum atomic E-state index is -0.336. The highest BCUT2D eigenvalue weighted by molar-refractivity contribution is 5.89. The van der Waals surface area contributed by atoms with Crippen molar-refractivity contribution in [2.75, 3.05) is 10.6 Å². The molecule has 0 saturated carbocycles. The van der Waals surface area contributed by atoms with Crippen LogP contribution in [0.5, 0.6) is 0 Å². The lowest BCUT2D eigenvalue weighted by molar-refractivity contribution is 0.249. The molecule has 0 aliphatic rings. The highest BCUT2D eigenvalue weighted by atomic mass is 16.2. The molecule has 120 valence electrons. The van der Waals surface area contributed by atoms with E-state index in [0.717, 1.165) is 16.9 Å². The molecule has 0 aliphatic carbocycles. The summed E-state index contributed by atoms with van der Waals surface area (Å²) in [4.78, 5) is 12.3. The Morgan fingerprint density at radius 3 is 1.75 bits per heavy atom. The maximum absolute atomic E-state index is 12.3. The number of nitrogens with one attached hydrogen (secondary N) is 3. The Labute approximate surface area is 141 Å². The molecule has 1 unspecified atom stereocenters. The predicted octanol–water partition coefficient (Wildman–Crippen LogP) is 4.62. The van der Waals surface area contributed by atoms with Crippen molar-refractivity contribution in [1.82, 2.24) is 5.32 Å². The summed E-state index contributed by atoms with van der Waals surface area (Å²) < 4.78 is 0. The molecule has 0 fully saturated rings. The van der Waals surface area contributed by atoms with Gasteiger partial charge in [-0.15, -0.1) is 0 Å². The van der Waals surface area contributed by atoms with E-state index in [-0.39, 0.29) is 12.2 Å². The van der Waals surface area contributed by atoms with E-state index < -0.39 is 0 Å². The van der Waals surface area contributed by atoms with Crippen LogP contribution in [0, 0.1) is 0 Å². The summed E-state index contributed by atoms with van der Waals surface area (Å²) >= 11 is 0. The smallest absolute Gasteiger partial charge is 0.321 e. The number of rotatable bonds is 5. The third-order valence-electron chi connectivity index (χ3n) is 3.52. The van der Waals surface area contributed by atoms with E-state index in [1.54, 1.807) is 0 Å². The van der Waals surface area contributed by atoms with Gasteiger partial charge in [-0.3, -0.25) is 0 Å². The number of amides is 2. The molecule has 3 rings (SSSR count). The van der Waals surface area contributed by atoms with Crippen molar-refractivity contribution in [3.8, 4) is 0 Å². The molecule has 3 aromatic rings. The lowest BCUT2D eigenvalue weighted by Gasteiger charge is -2.22. The van der Waals surface area contributed by atoms with Crippen LogP contribution in [0.1, 0.15) is 11.7 Å². The molecule has 4 nitrogen and oxygen atoms in total. The van der Waals surface area contributed by atoms with Gasteiger partial charge in [-0.25, -0.2) is 4.79 Å². The molecule has 0 aliphatic heterocycles. The topological polar surface area (TPSA) is 53.2 Å². The van der Waals surface area contributed by atoms with Crippen LogP contribution < -0.4 is 16.0 Å². The summed E-state index contributed by atoms with van der Waals surface area (Å²) in [5.74, 6) is 0. The van der Waals surface area contributed by atoms with E-state index in [9.17, 15) is 4.79 Å². The monoisotopic (exact) mass is 317 g/mol. The first-order chi connectivity index (χ1) is 11.8. The minimum Gasteiger partial charge on any atom is -0.362 e. The second kappa shape index (κ2) is 7.83. The average Bonchev–Trinajstić information content (AvgIpc) is 2.63. The fourth-order valence-corrected chi connectivity index (χ4v) is 2.37. The average molecular weight is 317 g/mol. The normalized spacial score (nSPS) is 11.3. The largest absolute Gasteiger partial charge is 0.362 e. The molecular weight excluding hydrogens is 298 g/mol. The van der Waals surface area contributed by atoms with Crippen molar-refractivity contribution in [2.45, 2.75) is 6.17 Å². The summed E-state index contributed by atoms with van der Waals surface area (Å²) in [6, 6.07) is 28.7. The molecule has 2 amide bonds. The fraction of sp³-hybridized carbons (Fsp3) is 0.0500. The van der Waals surface area contributed by atoms with Crippen LogP contribution in [-0.4, -0.2) is 6.03 Å². The molecule has 1 atom stereocenters. The van der Waals surface area contributed by atoms with Crippen LogP contribution in [0.15, 0.2) is 91.0 Å². The Balaban J connectivity index is 1.73. The maximum atomic E-state index is 12.3. The number of para-hydroxylation sites is 2.